The van der Waals surface area contributed by atoms with E-state index < -0.39 is 51.0 Å². The van der Waals surface area contributed by atoms with E-state index in [9.17, 15) is 23.1 Å². The zero-order valence-corrected chi connectivity index (χ0v) is 15.4. The van der Waals surface area contributed by atoms with Crippen molar-refractivity contribution in [2.24, 2.45) is 0 Å². The summed E-state index contributed by atoms with van der Waals surface area (Å²) in [5.74, 6) is -3.14. The number of esters is 1. The molecule has 0 bridgehead atoms. The Kier molecular flexibility index (Phi) is 8.90. The number of benzene rings is 1. The first-order valence-corrected chi connectivity index (χ1v) is 6.93. The first-order chi connectivity index (χ1) is 9.64. The van der Waals surface area contributed by atoms with Gasteiger partial charge in [-0.25, -0.2) is 4.79 Å². The SMILES string of the molecule is O=C([O-])c1cccc(C(=O)OCCC(O)O)c1S(=O)(=O)O.[K+]. The second-order valence-electron chi connectivity index (χ2n) is 3.85. The smallest absolute Gasteiger partial charge is 0.545 e. The van der Waals surface area contributed by atoms with Crippen molar-refractivity contribution in [2.45, 2.75) is 17.6 Å². The Labute approximate surface area is 168 Å². The number of carbonyl (C=O) groups is 2. The second-order valence-corrected chi connectivity index (χ2v) is 5.21. The number of ether oxygens (including phenoxy) is 1. The van der Waals surface area contributed by atoms with Gasteiger partial charge < -0.3 is 24.9 Å². The van der Waals surface area contributed by atoms with Gasteiger partial charge in [-0.1, -0.05) is 12.1 Å². The molecular weight excluding hydrogens is 347 g/mol. The molecule has 11 heteroatoms. The molecule has 0 aliphatic carbocycles. The molecule has 0 saturated heterocycles. The number of aromatic carboxylic acids is 1. The van der Waals surface area contributed by atoms with Crippen LogP contribution in [0.1, 0.15) is 27.1 Å². The number of carboxylic acid groups (broad SMARTS) is 1. The van der Waals surface area contributed by atoms with Gasteiger partial charge in [-0.3, -0.25) is 4.55 Å². The molecule has 0 unspecified atom stereocenters. The van der Waals surface area contributed by atoms with Crippen LogP contribution in [0.3, 0.4) is 0 Å². The van der Waals surface area contributed by atoms with Gasteiger partial charge in [0.1, 0.15) is 4.90 Å². The number of aliphatic hydroxyl groups is 2. The Morgan fingerprint density at radius 3 is 2.23 bits per heavy atom. The first kappa shape index (κ1) is 21.6. The van der Waals surface area contributed by atoms with Gasteiger partial charge in [-0.05, 0) is 6.07 Å². The molecule has 0 radical (unpaired) electrons. The maximum Gasteiger partial charge on any atom is 1.00 e. The van der Waals surface area contributed by atoms with Crippen molar-refractivity contribution in [1.82, 2.24) is 0 Å². The Hall–Kier alpha value is -0.374. The minimum atomic E-state index is -5.02. The van der Waals surface area contributed by atoms with Gasteiger partial charge in [0.05, 0.1) is 18.1 Å². The summed E-state index contributed by atoms with van der Waals surface area (Å²) in [6.45, 7) is -0.447. The Morgan fingerprint density at radius 2 is 1.77 bits per heavy atom. The quantitative estimate of drug-likeness (QED) is 0.196. The van der Waals surface area contributed by atoms with Crippen molar-refractivity contribution in [3.05, 3.63) is 29.3 Å². The van der Waals surface area contributed by atoms with Crippen molar-refractivity contribution in [1.29, 1.82) is 0 Å². The summed E-state index contributed by atoms with van der Waals surface area (Å²) < 4.78 is 36.1. The number of aliphatic hydroxyl groups excluding tert-OH is 1. The number of hydrogen-bond donors (Lipinski definition) is 3. The maximum absolute atomic E-state index is 11.7. The Balaban J connectivity index is 0.00000441. The van der Waals surface area contributed by atoms with Crippen LogP contribution in [0, 0.1) is 0 Å². The molecule has 0 heterocycles. The molecule has 0 saturated carbocycles. The van der Waals surface area contributed by atoms with Crippen LogP contribution >= 0.6 is 0 Å². The van der Waals surface area contributed by atoms with E-state index in [0.717, 1.165) is 18.2 Å². The first-order valence-electron chi connectivity index (χ1n) is 5.49. The molecule has 1 aromatic rings. The molecule has 9 nitrogen and oxygen atoms in total. The zero-order valence-electron chi connectivity index (χ0n) is 11.4. The summed E-state index contributed by atoms with van der Waals surface area (Å²) in [5.41, 5.74) is -1.60. The molecule has 3 N–H and O–H groups in total. The fraction of sp³-hybridized carbons (Fsp3) is 0.273. The number of rotatable bonds is 6. The third-order valence-corrected chi connectivity index (χ3v) is 3.28. The normalized spacial score (nSPS) is 10.9. The maximum atomic E-state index is 11.7. The fourth-order valence-electron chi connectivity index (χ4n) is 1.47. The molecule has 0 atom stereocenters. The van der Waals surface area contributed by atoms with Gasteiger partial charge in [-0.2, -0.15) is 8.42 Å². The molecule has 22 heavy (non-hydrogen) atoms. The standard InChI is InChI=1S/C11H12O9S.K/c12-8(13)4-5-20-11(16)7-3-1-2-6(10(14)15)9(7)21(17,18)19;/h1-3,8,12-13H,4-5H2,(H,14,15)(H,17,18,19);/q;+1/p-1. The molecule has 0 aliphatic rings. The topological polar surface area (TPSA) is 161 Å². The second kappa shape index (κ2) is 9.05. The van der Waals surface area contributed by atoms with Crippen LogP contribution in [-0.2, 0) is 14.9 Å². The van der Waals surface area contributed by atoms with E-state index in [-0.39, 0.29) is 57.8 Å². The zero-order chi connectivity index (χ0) is 16.2. The van der Waals surface area contributed by atoms with Crippen LogP contribution in [0.15, 0.2) is 23.1 Å². The Bertz CT molecular complexity index is 654. The van der Waals surface area contributed by atoms with Gasteiger partial charge in [0.2, 0.25) is 0 Å². The Morgan fingerprint density at radius 1 is 1.23 bits per heavy atom. The third kappa shape index (κ3) is 6.02. The average Bonchev–Trinajstić information content (AvgIpc) is 2.36. The van der Waals surface area contributed by atoms with Crippen molar-refractivity contribution in [2.75, 3.05) is 6.61 Å². The van der Waals surface area contributed by atoms with E-state index >= 15 is 0 Å². The van der Waals surface area contributed by atoms with Crippen molar-refractivity contribution in [3.63, 3.8) is 0 Å². The number of carboxylic acids is 1. The molecule has 0 fully saturated rings. The van der Waals surface area contributed by atoms with Gasteiger partial charge >= 0.3 is 57.4 Å². The van der Waals surface area contributed by atoms with Crippen molar-refractivity contribution >= 4 is 22.1 Å². The molecule has 0 aliphatic heterocycles. The molecule has 0 amide bonds. The summed E-state index contributed by atoms with van der Waals surface area (Å²) in [4.78, 5) is 21.4. The van der Waals surface area contributed by atoms with E-state index in [2.05, 4.69) is 4.74 Å². The number of carbonyl (C=O) groups excluding carboxylic acids is 2. The predicted molar refractivity (Wildman–Crippen MR) is 63.7 cm³/mol. The monoisotopic (exact) mass is 358 g/mol. The molecule has 116 valence electrons. The van der Waals surface area contributed by atoms with Crippen molar-refractivity contribution < 1.29 is 94.0 Å². The van der Waals surface area contributed by atoms with E-state index in [0.29, 0.717) is 0 Å². The summed E-state index contributed by atoms with van der Waals surface area (Å²) in [6.07, 6.45) is -2.05. The van der Waals surface area contributed by atoms with Gasteiger partial charge in [0.25, 0.3) is 10.1 Å². The minimum Gasteiger partial charge on any atom is -0.545 e. The average molecular weight is 358 g/mol. The van der Waals surface area contributed by atoms with Crippen LogP contribution in [-0.4, -0.2) is 48.0 Å². The summed E-state index contributed by atoms with van der Waals surface area (Å²) in [7, 11) is -5.02. The van der Waals surface area contributed by atoms with Gasteiger partial charge in [0, 0.05) is 12.0 Å². The third-order valence-electron chi connectivity index (χ3n) is 2.32. The fourth-order valence-corrected chi connectivity index (χ4v) is 2.33. The largest absolute Gasteiger partial charge is 1.00 e. The molecular formula is C11H11KO9S. The molecule has 0 spiro atoms. The molecule has 0 aromatic heterocycles. The minimum absolute atomic E-state index is 0. The molecule has 1 aromatic carbocycles. The van der Waals surface area contributed by atoms with Gasteiger partial charge in [-0.15, -0.1) is 0 Å². The summed E-state index contributed by atoms with van der Waals surface area (Å²) in [5, 5.41) is 28.0. The van der Waals surface area contributed by atoms with E-state index in [1.165, 1.54) is 0 Å². The molecule has 1 rings (SSSR count). The summed E-state index contributed by atoms with van der Waals surface area (Å²) >= 11 is 0. The van der Waals surface area contributed by atoms with Crippen LogP contribution in [0.25, 0.3) is 0 Å². The summed E-state index contributed by atoms with van der Waals surface area (Å²) in [6, 6.07) is 2.84. The van der Waals surface area contributed by atoms with Crippen LogP contribution in [0.2, 0.25) is 0 Å². The van der Waals surface area contributed by atoms with E-state index in [4.69, 9.17) is 14.8 Å². The number of hydrogen-bond acceptors (Lipinski definition) is 8. The van der Waals surface area contributed by atoms with Gasteiger partial charge in [0.15, 0.2) is 6.29 Å². The van der Waals surface area contributed by atoms with E-state index in [1.54, 1.807) is 0 Å². The van der Waals surface area contributed by atoms with E-state index in [1.807, 2.05) is 0 Å². The van der Waals surface area contributed by atoms with Crippen LogP contribution < -0.4 is 56.5 Å². The van der Waals surface area contributed by atoms with Crippen LogP contribution in [0.4, 0.5) is 0 Å². The predicted octanol–water partition coefficient (Wildman–Crippen LogP) is -4.84. The van der Waals surface area contributed by atoms with Crippen LogP contribution in [0.5, 0.6) is 0 Å². The van der Waals surface area contributed by atoms with Crippen molar-refractivity contribution in [3.8, 4) is 0 Å².